The third-order valence-electron chi connectivity index (χ3n) is 3.05. The molecule has 0 radical (unpaired) electrons. The Labute approximate surface area is 102 Å². The molecule has 84 valence electrons. The average molecular weight is 311 g/mol. The molecule has 1 rings (SSSR count). The molecule has 2 nitrogen and oxygen atoms in total. The maximum absolute atomic E-state index is 5.35. The molecule has 0 aromatic heterocycles. The maximum Gasteiger partial charge on any atom is 0.110 e. The Morgan fingerprint density at radius 3 is 2.29 bits per heavy atom. The quantitative estimate of drug-likeness (QED) is 0.739. The first kappa shape index (κ1) is 12.7. The van der Waals surface area contributed by atoms with Crippen molar-refractivity contribution in [2.75, 3.05) is 13.6 Å². The van der Waals surface area contributed by atoms with Crippen LogP contribution in [-0.2, 0) is 3.07 Å². The van der Waals surface area contributed by atoms with Crippen molar-refractivity contribution in [1.82, 2.24) is 4.90 Å². The molecule has 0 amide bonds. The lowest BCUT2D eigenvalue weighted by Gasteiger charge is -2.34. The monoisotopic (exact) mass is 311 g/mol. The van der Waals surface area contributed by atoms with Crippen LogP contribution in [0.4, 0.5) is 0 Å². The van der Waals surface area contributed by atoms with Crippen LogP contribution in [0.2, 0.25) is 0 Å². The van der Waals surface area contributed by atoms with Crippen LogP contribution in [0.5, 0.6) is 0 Å². The number of rotatable bonds is 4. The van der Waals surface area contributed by atoms with E-state index in [-0.39, 0.29) is 0 Å². The van der Waals surface area contributed by atoms with Crippen molar-refractivity contribution in [1.29, 1.82) is 0 Å². The van der Waals surface area contributed by atoms with Gasteiger partial charge in [-0.05, 0) is 38.6 Å². The van der Waals surface area contributed by atoms with Gasteiger partial charge in [0.1, 0.15) is 23.0 Å². The molecule has 0 aromatic rings. The van der Waals surface area contributed by atoms with Crippen LogP contribution in [0.25, 0.3) is 0 Å². The zero-order valence-corrected chi connectivity index (χ0v) is 11.7. The fourth-order valence-corrected chi connectivity index (χ4v) is 2.81. The Kier molecular flexibility index (Phi) is 5.71. The van der Waals surface area contributed by atoms with Gasteiger partial charge in [-0.15, -0.1) is 0 Å². The SMILES string of the molecule is CC(C)CN(C)C1CCC(OI)CC1. The molecule has 0 aliphatic heterocycles. The molecule has 3 heteroatoms. The summed E-state index contributed by atoms with van der Waals surface area (Å²) in [5.41, 5.74) is 0. The predicted octanol–water partition coefficient (Wildman–Crippen LogP) is 3.25. The van der Waals surface area contributed by atoms with Crippen LogP contribution in [-0.4, -0.2) is 30.6 Å². The second-order valence-electron chi connectivity index (χ2n) is 4.85. The molecule has 0 unspecified atom stereocenters. The maximum atomic E-state index is 5.35. The molecular weight excluding hydrogens is 289 g/mol. The Morgan fingerprint density at radius 1 is 1.29 bits per heavy atom. The van der Waals surface area contributed by atoms with E-state index in [2.05, 4.69) is 25.8 Å². The van der Waals surface area contributed by atoms with Gasteiger partial charge in [-0.25, -0.2) is 0 Å². The van der Waals surface area contributed by atoms with Crippen LogP contribution in [0, 0.1) is 5.92 Å². The lowest BCUT2D eigenvalue weighted by Crippen LogP contribution is -2.38. The smallest absolute Gasteiger partial charge is 0.110 e. The van der Waals surface area contributed by atoms with E-state index in [1.807, 2.05) is 23.0 Å². The summed E-state index contributed by atoms with van der Waals surface area (Å²) >= 11 is 2.04. The lowest BCUT2D eigenvalue weighted by molar-refractivity contribution is 0.121. The predicted molar refractivity (Wildman–Crippen MR) is 68.6 cm³/mol. The van der Waals surface area contributed by atoms with Crippen LogP contribution in [0.1, 0.15) is 39.5 Å². The molecule has 1 fully saturated rings. The van der Waals surface area contributed by atoms with Gasteiger partial charge in [0, 0.05) is 12.6 Å². The number of halogens is 1. The van der Waals surface area contributed by atoms with Crippen molar-refractivity contribution in [2.24, 2.45) is 5.92 Å². The zero-order chi connectivity index (χ0) is 10.6. The van der Waals surface area contributed by atoms with E-state index >= 15 is 0 Å². The molecule has 1 aliphatic carbocycles. The van der Waals surface area contributed by atoms with Gasteiger partial charge in [-0.3, -0.25) is 0 Å². The van der Waals surface area contributed by atoms with Gasteiger partial charge in [-0.2, -0.15) is 0 Å². The molecule has 0 heterocycles. The van der Waals surface area contributed by atoms with Crippen LogP contribution < -0.4 is 0 Å². The minimum Gasteiger partial charge on any atom is -0.312 e. The normalized spacial score (nSPS) is 28.7. The Balaban J connectivity index is 2.26. The van der Waals surface area contributed by atoms with Crippen molar-refractivity contribution in [2.45, 2.75) is 51.7 Å². The van der Waals surface area contributed by atoms with Crippen LogP contribution in [0.15, 0.2) is 0 Å². The molecular formula is C11H22INO. The standard InChI is InChI=1S/C11H22INO/c1-9(2)8-13(3)10-4-6-11(14-12)7-5-10/h9-11H,4-8H2,1-3H3. The summed E-state index contributed by atoms with van der Waals surface area (Å²) in [5.74, 6) is 0.776. The second-order valence-corrected chi connectivity index (χ2v) is 5.36. The van der Waals surface area contributed by atoms with E-state index in [9.17, 15) is 0 Å². The van der Waals surface area contributed by atoms with E-state index < -0.39 is 0 Å². The van der Waals surface area contributed by atoms with Crippen molar-refractivity contribution in [3.05, 3.63) is 0 Å². The molecule has 0 saturated heterocycles. The van der Waals surface area contributed by atoms with Crippen LogP contribution in [0.3, 0.4) is 0 Å². The van der Waals surface area contributed by atoms with Gasteiger partial charge in [0.25, 0.3) is 0 Å². The van der Waals surface area contributed by atoms with Gasteiger partial charge in [0.15, 0.2) is 0 Å². The summed E-state index contributed by atoms with van der Waals surface area (Å²) in [7, 11) is 2.26. The van der Waals surface area contributed by atoms with E-state index in [4.69, 9.17) is 3.07 Å². The first-order valence-corrected chi connectivity index (χ1v) is 6.49. The summed E-state index contributed by atoms with van der Waals surface area (Å²) in [4.78, 5) is 2.52. The summed E-state index contributed by atoms with van der Waals surface area (Å²) in [6, 6.07) is 0.792. The molecule has 14 heavy (non-hydrogen) atoms. The van der Waals surface area contributed by atoms with E-state index in [0.29, 0.717) is 6.10 Å². The third kappa shape index (κ3) is 4.03. The van der Waals surface area contributed by atoms with Crippen molar-refractivity contribution < 1.29 is 3.07 Å². The molecule has 0 bridgehead atoms. The highest BCUT2D eigenvalue weighted by atomic mass is 127. The Bertz CT molecular complexity index is 155. The van der Waals surface area contributed by atoms with Gasteiger partial charge in [-0.1, -0.05) is 13.8 Å². The summed E-state index contributed by atoms with van der Waals surface area (Å²) in [6.45, 7) is 5.80. The van der Waals surface area contributed by atoms with Gasteiger partial charge < -0.3 is 7.97 Å². The fraction of sp³-hybridized carbons (Fsp3) is 1.00. The fourth-order valence-electron chi connectivity index (χ4n) is 2.30. The Morgan fingerprint density at radius 2 is 1.86 bits per heavy atom. The van der Waals surface area contributed by atoms with E-state index in [1.54, 1.807) is 0 Å². The molecule has 0 aromatic carbocycles. The van der Waals surface area contributed by atoms with Crippen LogP contribution >= 0.6 is 23.0 Å². The number of hydrogen-bond acceptors (Lipinski definition) is 2. The topological polar surface area (TPSA) is 12.5 Å². The van der Waals surface area contributed by atoms with Crippen molar-refractivity contribution >= 4 is 23.0 Å². The molecule has 0 spiro atoms. The lowest BCUT2D eigenvalue weighted by atomic mass is 9.92. The molecule has 0 atom stereocenters. The first-order chi connectivity index (χ1) is 6.63. The van der Waals surface area contributed by atoms with Gasteiger partial charge in [0.2, 0.25) is 0 Å². The largest absolute Gasteiger partial charge is 0.312 e. The molecule has 0 N–H and O–H groups in total. The zero-order valence-electron chi connectivity index (χ0n) is 9.50. The van der Waals surface area contributed by atoms with Gasteiger partial charge >= 0.3 is 0 Å². The minimum absolute atomic E-state index is 0.513. The van der Waals surface area contributed by atoms with Crippen molar-refractivity contribution in [3.63, 3.8) is 0 Å². The van der Waals surface area contributed by atoms with Crippen molar-refractivity contribution in [3.8, 4) is 0 Å². The third-order valence-corrected chi connectivity index (χ3v) is 3.77. The number of nitrogens with zero attached hydrogens (tertiary/aromatic N) is 1. The highest BCUT2D eigenvalue weighted by molar-refractivity contribution is 14.1. The second kappa shape index (κ2) is 6.28. The van der Waals surface area contributed by atoms with Gasteiger partial charge in [0.05, 0.1) is 6.10 Å². The highest BCUT2D eigenvalue weighted by Crippen LogP contribution is 2.25. The highest BCUT2D eigenvalue weighted by Gasteiger charge is 2.24. The minimum atomic E-state index is 0.513. The summed E-state index contributed by atoms with van der Waals surface area (Å²) in [6.07, 6.45) is 5.58. The van der Waals surface area contributed by atoms with E-state index in [0.717, 1.165) is 12.0 Å². The van der Waals surface area contributed by atoms with E-state index in [1.165, 1.54) is 32.2 Å². The Hall–Kier alpha value is 0.650. The number of hydrogen-bond donors (Lipinski definition) is 0. The average Bonchev–Trinajstić information content (AvgIpc) is 2.17. The summed E-state index contributed by atoms with van der Waals surface area (Å²) in [5, 5.41) is 0. The molecule has 1 aliphatic rings. The molecule has 1 saturated carbocycles. The first-order valence-electron chi connectivity index (χ1n) is 5.61. The summed E-state index contributed by atoms with van der Waals surface area (Å²) < 4.78 is 5.35.